The molecule has 5 nitrogen and oxygen atoms in total. The maximum Gasteiger partial charge on any atom is 0.230 e. The number of hydrogen-bond donors (Lipinski definition) is 2. The van der Waals surface area contributed by atoms with Crippen molar-refractivity contribution in [3.05, 3.63) is 59.9 Å². The smallest absolute Gasteiger partial charge is 0.230 e. The summed E-state index contributed by atoms with van der Waals surface area (Å²) >= 11 is 0. The second kappa shape index (κ2) is 7.20. The summed E-state index contributed by atoms with van der Waals surface area (Å²) in [5, 5.41) is 13.3. The molecule has 0 aliphatic carbocycles. The molecule has 2 N–H and O–H groups in total. The summed E-state index contributed by atoms with van der Waals surface area (Å²) in [7, 11) is 1.88. The topological polar surface area (TPSA) is 63.5 Å². The standard InChI is InChI=1S/C19H24N2O3/c1-21-11-5-8-16(21)17(22)14-20-18(23)19(9-12-24-13-10-19)15-6-3-2-4-7-15/h2-8,11,17,22H,9-10,12-14H2,1H3,(H,20,23)/t17-/m1/s1. The summed E-state index contributed by atoms with van der Waals surface area (Å²) in [5.41, 5.74) is 1.23. The first-order chi connectivity index (χ1) is 11.6. The summed E-state index contributed by atoms with van der Waals surface area (Å²) in [4.78, 5) is 13.0. The van der Waals surface area contributed by atoms with E-state index in [9.17, 15) is 9.90 Å². The number of hydrogen-bond acceptors (Lipinski definition) is 3. The average molecular weight is 328 g/mol. The normalized spacial score (nSPS) is 18.1. The zero-order chi connectivity index (χ0) is 17.0. The second-order valence-corrected chi connectivity index (χ2v) is 6.33. The van der Waals surface area contributed by atoms with Gasteiger partial charge in [-0.1, -0.05) is 30.3 Å². The van der Waals surface area contributed by atoms with E-state index in [0.717, 1.165) is 11.3 Å². The van der Waals surface area contributed by atoms with E-state index in [4.69, 9.17) is 4.74 Å². The number of carbonyl (C=O) groups is 1. The maximum atomic E-state index is 13.0. The molecule has 1 aliphatic rings. The Morgan fingerprint density at radius 3 is 2.58 bits per heavy atom. The number of amides is 1. The third-order valence-electron chi connectivity index (χ3n) is 4.89. The number of aromatic nitrogens is 1. The molecule has 1 aliphatic heterocycles. The van der Waals surface area contributed by atoms with Crippen LogP contribution >= 0.6 is 0 Å². The summed E-state index contributed by atoms with van der Waals surface area (Å²) in [5.74, 6) is -0.0368. The Hall–Kier alpha value is -2.11. The molecule has 1 atom stereocenters. The quantitative estimate of drug-likeness (QED) is 0.881. The van der Waals surface area contributed by atoms with Gasteiger partial charge in [-0.2, -0.15) is 0 Å². The van der Waals surface area contributed by atoms with Crippen LogP contribution in [-0.2, 0) is 22.0 Å². The van der Waals surface area contributed by atoms with Crippen molar-refractivity contribution in [1.29, 1.82) is 0 Å². The van der Waals surface area contributed by atoms with Gasteiger partial charge in [-0.15, -0.1) is 0 Å². The van der Waals surface area contributed by atoms with Crippen LogP contribution in [0.2, 0.25) is 0 Å². The number of nitrogens with one attached hydrogen (secondary N) is 1. The third-order valence-corrected chi connectivity index (χ3v) is 4.89. The van der Waals surface area contributed by atoms with E-state index in [0.29, 0.717) is 26.1 Å². The fourth-order valence-electron chi connectivity index (χ4n) is 3.41. The van der Waals surface area contributed by atoms with Crippen molar-refractivity contribution in [2.24, 2.45) is 7.05 Å². The highest BCUT2D eigenvalue weighted by Crippen LogP contribution is 2.35. The van der Waals surface area contributed by atoms with Crippen LogP contribution in [0.4, 0.5) is 0 Å². The number of aliphatic hydroxyl groups excluding tert-OH is 1. The van der Waals surface area contributed by atoms with Gasteiger partial charge in [-0.3, -0.25) is 4.79 Å². The molecule has 2 aromatic rings. The molecule has 5 heteroatoms. The monoisotopic (exact) mass is 328 g/mol. The molecule has 1 saturated heterocycles. The number of ether oxygens (including phenoxy) is 1. The second-order valence-electron chi connectivity index (χ2n) is 6.33. The largest absolute Gasteiger partial charge is 0.385 e. The third kappa shape index (κ3) is 3.23. The van der Waals surface area contributed by atoms with Crippen LogP contribution in [0.15, 0.2) is 48.7 Å². The van der Waals surface area contributed by atoms with E-state index in [1.165, 1.54) is 0 Å². The highest BCUT2D eigenvalue weighted by Gasteiger charge is 2.41. The van der Waals surface area contributed by atoms with Crippen LogP contribution in [0.5, 0.6) is 0 Å². The van der Waals surface area contributed by atoms with Crippen molar-refractivity contribution >= 4 is 5.91 Å². The molecule has 24 heavy (non-hydrogen) atoms. The molecule has 3 rings (SSSR count). The number of rotatable bonds is 5. The minimum absolute atomic E-state index is 0.0368. The lowest BCUT2D eigenvalue weighted by molar-refractivity contribution is -0.131. The van der Waals surface area contributed by atoms with Crippen LogP contribution in [-0.4, -0.2) is 35.3 Å². The molecular formula is C19H24N2O3. The molecule has 128 valence electrons. The molecule has 0 saturated carbocycles. The first-order valence-electron chi connectivity index (χ1n) is 8.34. The minimum Gasteiger partial charge on any atom is -0.385 e. The van der Waals surface area contributed by atoms with Crippen LogP contribution in [0.25, 0.3) is 0 Å². The summed E-state index contributed by atoms with van der Waals surface area (Å²) in [6.45, 7) is 1.34. The number of nitrogens with zero attached hydrogens (tertiary/aromatic N) is 1. The summed E-state index contributed by atoms with van der Waals surface area (Å²) in [6, 6.07) is 13.6. The molecule has 0 spiro atoms. The lowest BCUT2D eigenvalue weighted by Crippen LogP contribution is -2.49. The fourth-order valence-corrected chi connectivity index (χ4v) is 3.41. The SMILES string of the molecule is Cn1cccc1[C@H](O)CNC(=O)C1(c2ccccc2)CCOCC1. The Bertz CT molecular complexity index is 675. The Kier molecular flexibility index (Phi) is 5.02. The van der Waals surface area contributed by atoms with Gasteiger partial charge in [-0.25, -0.2) is 0 Å². The minimum atomic E-state index is -0.721. The molecule has 1 fully saturated rings. The van der Waals surface area contributed by atoms with Gasteiger partial charge >= 0.3 is 0 Å². The van der Waals surface area contributed by atoms with Crippen molar-refractivity contribution in [3.63, 3.8) is 0 Å². The van der Waals surface area contributed by atoms with Crippen molar-refractivity contribution in [2.75, 3.05) is 19.8 Å². The molecule has 0 unspecified atom stereocenters. The van der Waals surface area contributed by atoms with Gasteiger partial charge in [0.15, 0.2) is 0 Å². The maximum absolute atomic E-state index is 13.0. The summed E-state index contributed by atoms with van der Waals surface area (Å²) in [6.07, 6.45) is 2.47. The van der Waals surface area contributed by atoms with E-state index in [2.05, 4.69) is 5.32 Å². The Balaban J connectivity index is 1.74. The highest BCUT2D eigenvalue weighted by molar-refractivity contribution is 5.88. The van der Waals surface area contributed by atoms with Gasteiger partial charge in [0, 0.05) is 38.7 Å². The van der Waals surface area contributed by atoms with Crippen LogP contribution in [0, 0.1) is 0 Å². The van der Waals surface area contributed by atoms with Crippen molar-refractivity contribution < 1.29 is 14.6 Å². The van der Waals surface area contributed by atoms with E-state index in [1.807, 2.05) is 60.3 Å². The van der Waals surface area contributed by atoms with E-state index >= 15 is 0 Å². The number of aliphatic hydroxyl groups is 1. The van der Waals surface area contributed by atoms with Gasteiger partial charge in [0.1, 0.15) is 6.10 Å². The van der Waals surface area contributed by atoms with E-state index < -0.39 is 11.5 Å². The van der Waals surface area contributed by atoms with E-state index in [1.54, 1.807) is 0 Å². The van der Waals surface area contributed by atoms with Gasteiger partial charge in [-0.05, 0) is 30.5 Å². The van der Waals surface area contributed by atoms with E-state index in [-0.39, 0.29) is 12.5 Å². The van der Waals surface area contributed by atoms with Gasteiger partial charge in [0.25, 0.3) is 0 Å². The zero-order valence-electron chi connectivity index (χ0n) is 13.9. The molecule has 2 heterocycles. The number of carbonyl (C=O) groups excluding carboxylic acids is 1. The van der Waals surface area contributed by atoms with Gasteiger partial charge in [0.05, 0.1) is 5.41 Å². The predicted octanol–water partition coefficient (Wildman–Crippen LogP) is 1.92. The Morgan fingerprint density at radius 2 is 1.96 bits per heavy atom. The summed E-state index contributed by atoms with van der Waals surface area (Å²) < 4.78 is 7.32. The van der Waals surface area contributed by atoms with Crippen LogP contribution in [0.3, 0.4) is 0 Å². The average Bonchev–Trinajstić information content (AvgIpc) is 3.06. The lowest BCUT2D eigenvalue weighted by atomic mass is 9.73. The highest BCUT2D eigenvalue weighted by atomic mass is 16.5. The predicted molar refractivity (Wildman–Crippen MR) is 91.6 cm³/mol. The Labute approximate surface area is 142 Å². The van der Waals surface area contributed by atoms with Crippen molar-refractivity contribution in [2.45, 2.75) is 24.4 Å². The number of aryl methyl sites for hydroxylation is 1. The first kappa shape index (κ1) is 16.7. The molecule has 0 radical (unpaired) electrons. The molecule has 0 bridgehead atoms. The number of benzene rings is 1. The molecular weight excluding hydrogens is 304 g/mol. The van der Waals surface area contributed by atoms with Gasteiger partial charge < -0.3 is 19.7 Å². The molecule has 1 aromatic carbocycles. The van der Waals surface area contributed by atoms with Crippen molar-refractivity contribution in [3.8, 4) is 0 Å². The fraction of sp³-hybridized carbons (Fsp3) is 0.421. The Morgan fingerprint density at radius 1 is 1.25 bits per heavy atom. The lowest BCUT2D eigenvalue weighted by Gasteiger charge is -2.36. The van der Waals surface area contributed by atoms with Crippen LogP contribution < -0.4 is 5.32 Å². The molecule has 1 aromatic heterocycles. The first-order valence-corrected chi connectivity index (χ1v) is 8.34. The van der Waals surface area contributed by atoms with Crippen molar-refractivity contribution in [1.82, 2.24) is 9.88 Å². The zero-order valence-corrected chi connectivity index (χ0v) is 13.9. The molecule has 1 amide bonds. The van der Waals surface area contributed by atoms with Gasteiger partial charge in [0.2, 0.25) is 5.91 Å². The van der Waals surface area contributed by atoms with Crippen LogP contribution in [0.1, 0.15) is 30.2 Å².